The zero-order valence-electron chi connectivity index (χ0n) is 12.7. The lowest BCUT2D eigenvalue weighted by atomic mass is 10.2. The topological polar surface area (TPSA) is 38.3 Å². The van der Waals surface area contributed by atoms with Crippen molar-refractivity contribution in [2.45, 2.75) is 5.75 Å². The van der Waals surface area contributed by atoms with Crippen molar-refractivity contribution in [2.75, 3.05) is 18.9 Å². The predicted molar refractivity (Wildman–Crippen MR) is 100 cm³/mol. The van der Waals surface area contributed by atoms with Crippen LogP contribution in [0.15, 0.2) is 46.9 Å². The summed E-state index contributed by atoms with van der Waals surface area (Å²) in [5.41, 5.74) is 0.671. The first-order valence-corrected chi connectivity index (χ1v) is 9.54. The molecular weight excluding hydrogens is 417 g/mol. The molecule has 128 valence electrons. The van der Waals surface area contributed by atoms with Crippen LogP contribution in [-0.2, 0) is 10.5 Å². The summed E-state index contributed by atoms with van der Waals surface area (Å²) >= 11 is 10.7. The van der Waals surface area contributed by atoms with Gasteiger partial charge in [-0.05, 0) is 45.8 Å². The summed E-state index contributed by atoms with van der Waals surface area (Å²) in [4.78, 5) is 11.7. The van der Waals surface area contributed by atoms with E-state index >= 15 is 0 Å². The normalized spacial score (nSPS) is 10.5. The number of amides is 1. The van der Waals surface area contributed by atoms with Gasteiger partial charge in [0.2, 0.25) is 0 Å². The molecule has 7 heteroatoms. The van der Waals surface area contributed by atoms with Gasteiger partial charge >= 0.3 is 0 Å². The van der Waals surface area contributed by atoms with Gasteiger partial charge in [-0.2, -0.15) is 11.8 Å². The van der Waals surface area contributed by atoms with Crippen LogP contribution < -0.4 is 10.1 Å². The molecule has 0 heterocycles. The summed E-state index contributed by atoms with van der Waals surface area (Å²) in [5.74, 6) is 1.43. The van der Waals surface area contributed by atoms with E-state index in [0.717, 1.165) is 0 Å². The molecule has 1 N–H and O–H groups in total. The van der Waals surface area contributed by atoms with Gasteiger partial charge in [-0.1, -0.05) is 29.8 Å². The fourth-order valence-corrected chi connectivity index (χ4v) is 3.49. The molecule has 0 aliphatic heterocycles. The van der Waals surface area contributed by atoms with Crippen LogP contribution >= 0.6 is 39.3 Å². The number of halogens is 3. The van der Waals surface area contributed by atoms with Crippen molar-refractivity contribution >= 4 is 45.2 Å². The summed E-state index contributed by atoms with van der Waals surface area (Å²) in [7, 11) is 0. The molecule has 0 saturated heterocycles. The molecule has 1 amide bonds. The molecule has 2 aromatic rings. The van der Waals surface area contributed by atoms with Crippen LogP contribution in [0.3, 0.4) is 0 Å². The van der Waals surface area contributed by atoms with Gasteiger partial charge in [-0.3, -0.25) is 4.79 Å². The van der Waals surface area contributed by atoms with Crippen molar-refractivity contribution in [2.24, 2.45) is 0 Å². The Morgan fingerprint density at radius 2 is 2.08 bits per heavy atom. The van der Waals surface area contributed by atoms with E-state index in [9.17, 15) is 9.18 Å². The van der Waals surface area contributed by atoms with Crippen LogP contribution in [0.1, 0.15) is 5.56 Å². The molecule has 0 bridgehead atoms. The summed E-state index contributed by atoms with van der Waals surface area (Å²) in [6, 6.07) is 11.8. The smallest absolute Gasteiger partial charge is 0.257 e. The third-order valence-electron chi connectivity index (χ3n) is 3.04. The van der Waals surface area contributed by atoms with Crippen molar-refractivity contribution in [3.63, 3.8) is 0 Å². The molecule has 0 unspecified atom stereocenters. The highest BCUT2D eigenvalue weighted by Gasteiger charge is 2.06. The minimum Gasteiger partial charge on any atom is -0.483 e. The Morgan fingerprint density at radius 1 is 1.29 bits per heavy atom. The van der Waals surface area contributed by atoms with Gasteiger partial charge in [0.1, 0.15) is 11.6 Å². The van der Waals surface area contributed by atoms with Gasteiger partial charge in [-0.25, -0.2) is 4.39 Å². The Morgan fingerprint density at radius 3 is 2.83 bits per heavy atom. The summed E-state index contributed by atoms with van der Waals surface area (Å²) in [6.07, 6.45) is 0. The molecule has 0 spiro atoms. The number of ether oxygens (including phenoxy) is 1. The number of benzene rings is 2. The minimum atomic E-state index is -0.205. The zero-order chi connectivity index (χ0) is 17.4. The highest BCUT2D eigenvalue weighted by Crippen LogP contribution is 2.27. The Hall–Kier alpha value is -1.24. The molecule has 0 fully saturated rings. The summed E-state index contributed by atoms with van der Waals surface area (Å²) in [6.45, 7) is 0.432. The zero-order valence-corrected chi connectivity index (χ0v) is 15.9. The highest BCUT2D eigenvalue weighted by atomic mass is 79.9. The molecule has 2 aromatic carbocycles. The van der Waals surface area contributed by atoms with Gasteiger partial charge in [0.15, 0.2) is 6.61 Å². The third-order valence-corrected chi connectivity index (χ3v) is 4.90. The summed E-state index contributed by atoms with van der Waals surface area (Å²) in [5, 5.41) is 3.35. The standard InChI is InChI=1S/C17H16BrClFNO2S/c18-14-9-13(19)5-6-16(14)23-10-17(22)21-7-8-24-11-12-3-1-2-4-15(12)20/h1-6,9H,7-8,10-11H2,(H,21,22). The average molecular weight is 433 g/mol. The van der Waals surface area contributed by atoms with E-state index in [0.29, 0.717) is 38.9 Å². The van der Waals surface area contributed by atoms with Crippen LogP contribution in [0.25, 0.3) is 0 Å². The molecule has 0 aliphatic carbocycles. The quantitative estimate of drug-likeness (QED) is 0.616. The van der Waals surface area contributed by atoms with E-state index in [1.54, 1.807) is 42.1 Å². The van der Waals surface area contributed by atoms with E-state index in [1.165, 1.54) is 6.07 Å². The second-order valence-corrected chi connectivity index (χ2v) is 7.25. The first-order chi connectivity index (χ1) is 11.6. The van der Waals surface area contributed by atoms with Crippen LogP contribution in [-0.4, -0.2) is 24.8 Å². The SMILES string of the molecule is O=C(COc1ccc(Cl)cc1Br)NCCSCc1ccccc1F. The molecule has 3 nitrogen and oxygen atoms in total. The number of carbonyl (C=O) groups excluding carboxylic acids is 1. The fourth-order valence-electron chi connectivity index (χ4n) is 1.85. The summed E-state index contributed by atoms with van der Waals surface area (Å²) < 4.78 is 19.6. The first kappa shape index (κ1) is 19.1. The monoisotopic (exact) mass is 431 g/mol. The Kier molecular flexibility index (Phi) is 7.88. The maximum atomic E-state index is 13.4. The lowest BCUT2D eigenvalue weighted by Crippen LogP contribution is -2.30. The maximum absolute atomic E-state index is 13.4. The van der Waals surface area contributed by atoms with Gasteiger partial charge in [0.25, 0.3) is 5.91 Å². The van der Waals surface area contributed by atoms with Crippen molar-refractivity contribution < 1.29 is 13.9 Å². The number of hydrogen-bond acceptors (Lipinski definition) is 3. The highest BCUT2D eigenvalue weighted by molar-refractivity contribution is 9.10. The molecule has 0 radical (unpaired) electrons. The molecular formula is C17H16BrClFNO2S. The predicted octanol–water partition coefficient (Wildman–Crippen LogP) is 4.67. The molecule has 0 saturated carbocycles. The molecule has 0 aliphatic rings. The number of nitrogens with one attached hydrogen (secondary N) is 1. The van der Waals surface area contributed by atoms with E-state index < -0.39 is 0 Å². The Bertz CT molecular complexity index is 702. The number of hydrogen-bond donors (Lipinski definition) is 1. The number of carbonyl (C=O) groups is 1. The molecule has 0 aromatic heterocycles. The van der Waals surface area contributed by atoms with Gasteiger partial charge in [-0.15, -0.1) is 0 Å². The minimum absolute atomic E-state index is 0.0712. The second-order valence-electron chi connectivity index (χ2n) is 4.86. The molecule has 0 atom stereocenters. The maximum Gasteiger partial charge on any atom is 0.257 e. The van der Waals surface area contributed by atoms with Crippen LogP contribution in [0.4, 0.5) is 4.39 Å². The Labute approximate surface area is 158 Å². The van der Waals surface area contributed by atoms with Gasteiger partial charge < -0.3 is 10.1 Å². The van der Waals surface area contributed by atoms with Crippen LogP contribution in [0, 0.1) is 5.82 Å². The van der Waals surface area contributed by atoms with E-state index in [-0.39, 0.29) is 18.3 Å². The Balaban J connectivity index is 1.62. The number of rotatable bonds is 8. The van der Waals surface area contributed by atoms with Crippen LogP contribution in [0.5, 0.6) is 5.75 Å². The largest absolute Gasteiger partial charge is 0.483 e. The third kappa shape index (κ3) is 6.34. The van der Waals surface area contributed by atoms with E-state index in [1.807, 2.05) is 6.07 Å². The second kappa shape index (κ2) is 9.91. The lowest BCUT2D eigenvalue weighted by molar-refractivity contribution is -0.122. The van der Waals surface area contributed by atoms with Crippen LogP contribution in [0.2, 0.25) is 5.02 Å². The van der Waals surface area contributed by atoms with Crippen molar-refractivity contribution in [3.05, 3.63) is 63.3 Å². The average Bonchev–Trinajstić information content (AvgIpc) is 2.55. The van der Waals surface area contributed by atoms with Gasteiger partial charge in [0.05, 0.1) is 4.47 Å². The van der Waals surface area contributed by atoms with Crippen molar-refractivity contribution in [1.29, 1.82) is 0 Å². The first-order valence-electron chi connectivity index (χ1n) is 7.22. The van der Waals surface area contributed by atoms with Crippen molar-refractivity contribution in [1.82, 2.24) is 5.32 Å². The van der Waals surface area contributed by atoms with E-state index in [4.69, 9.17) is 16.3 Å². The van der Waals surface area contributed by atoms with Gasteiger partial charge in [0, 0.05) is 23.1 Å². The molecule has 24 heavy (non-hydrogen) atoms. The van der Waals surface area contributed by atoms with E-state index in [2.05, 4.69) is 21.2 Å². The fraction of sp³-hybridized carbons (Fsp3) is 0.235. The van der Waals surface area contributed by atoms with Crippen molar-refractivity contribution in [3.8, 4) is 5.75 Å². The molecule has 2 rings (SSSR count). The number of thioether (sulfide) groups is 1. The lowest BCUT2D eigenvalue weighted by Gasteiger charge is -2.09.